The lowest BCUT2D eigenvalue weighted by molar-refractivity contribution is 0.0975. The summed E-state index contributed by atoms with van der Waals surface area (Å²) in [6, 6.07) is 4.23. The van der Waals surface area contributed by atoms with E-state index in [-0.39, 0.29) is 22.9 Å². The monoisotopic (exact) mass is 291 g/mol. The molecule has 0 aliphatic rings. The summed E-state index contributed by atoms with van der Waals surface area (Å²) < 4.78 is 22.7. The number of nitrogens with one attached hydrogen (secondary N) is 2. The van der Waals surface area contributed by atoms with Crippen molar-refractivity contribution in [3.8, 4) is 0 Å². The Labute approximate surface area is 111 Å². The van der Waals surface area contributed by atoms with Crippen molar-refractivity contribution in [2.24, 2.45) is 5.73 Å². The molecule has 1 aromatic rings. The molecule has 8 heteroatoms. The summed E-state index contributed by atoms with van der Waals surface area (Å²) in [5.41, 5.74) is 5.83. The number of nitrogens with two attached hydrogens (primary N) is 1. The Morgan fingerprint density at radius 3 is 2.39 bits per heavy atom. The molecule has 0 atom stereocenters. The second-order valence-electron chi connectivity index (χ2n) is 3.62. The SMILES string of the molecule is Cc1ccc(S(C)(=O)=O)cc1C(=O)NC(=N)N.Cl. The van der Waals surface area contributed by atoms with E-state index in [4.69, 9.17) is 11.1 Å². The first-order chi connectivity index (χ1) is 7.71. The molecule has 0 saturated carbocycles. The Balaban J connectivity index is 0.00000289. The molecule has 0 aliphatic carbocycles. The fourth-order valence-corrected chi connectivity index (χ4v) is 1.91. The standard InChI is InChI=1S/C10H13N3O3S.ClH/c1-6-3-4-7(17(2,15)16)5-8(6)9(14)13-10(11)12;/h3-5H,1-2H3,(H4,11,12,13,14);1H. The number of guanidine groups is 1. The van der Waals surface area contributed by atoms with E-state index in [9.17, 15) is 13.2 Å². The second-order valence-corrected chi connectivity index (χ2v) is 5.63. The van der Waals surface area contributed by atoms with E-state index in [1.54, 1.807) is 6.92 Å². The van der Waals surface area contributed by atoms with Gasteiger partial charge in [-0.2, -0.15) is 0 Å². The first-order valence-corrected chi connectivity index (χ1v) is 6.57. The Hall–Kier alpha value is -1.60. The maximum atomic E-state index is 11.6. The highest BCUT2D eigenvalue weighted by atomic mass is 35.5. The smallest absolute Gasteiger partial charge is 0.258 e. The second kappa shape index (κ2) is 5.83. The summed E-state index contributed by atoms with van der Waals surface area (Å²) in [4.78, 5) is 11.7. The summed E-state index contributed by atoms with van der Waals surface area (Å²) in [6.45, 7) is 1.67. The van der Waals surface area contributed by atoms with Crippen LogP contribution in [0.25, 0.3) is 0 Å². The van der Waals surface area contributed by atoms with Crippen molar-refractivity contribution in [3.05, 3.63) is 29.3 Å². The third-order valence-electron chi connectivity index (χ3n) is 2.13. The highest BCUT2D eigenvalue weighted by Gasteiger charge is 2.14. The third kappa shape index (κ3) is 4.01. The van der Waals surface area contributed by atoms with Crippen molar-refractivity contribution in [3.63, 3.8) is 0 Å². The summed E-state index contributed by atoms with van der Waals surface area (Å²) in [7, 11) is -3.37. The van der Waals surface area contributed by atoms with Crippen LogP contribution in [0.3, 0.4) is 0 Å². The van der Waals surface area contributed by atoms with Crippen LogP contribution in [0.5, 0.6) is 0 Å². The molecule has 0 radical (unpaired) electrons. The van der Waals surface area contributed by atoms with Gasteiger partial charge in [0.05, 0.1) is 4.90 Å². The average molecular weight is 292 g/mol. The van der Waals surface area contributed by atoms with E-state index in [1.807, 2.05) is 0 Å². The topological polar surface area (TPSA) is 113 Å². The van der Waals surface area contributed by atoms with Crippen LogP contribution in [-0.4, -0.2) is 26.5 Å². The van der Waals surface area contributed by atoms with Crippen molar-refractivity contribution >= 4 is 34.1 Å². The van der Waals surface area contributed by atoms with Gasteiger partial charge in [-0.15, -0.1) is 12.4 Å². The first-order valence-electron chi connectivity index (χ1n) is 4.68. The van der Waals surface area contributed by atoms with E-state index >= 15 is 0 Å². The molecule has 6 nitrogen and oxygen atoms in total. The summed E-state index contributed by atoms with van der Waals surface area (Å²) in [5, 5.41) is 9.05. The maximum Gasteiger partial charge on any atom is 0.258 e. The minimum atomic E-state index is -3.37. The normalized spacial score (nSPS) is 10.3. The van der Waals surface area contributed by atoms with Gasteiger partial charge < -0.3 is 5.73 Å². The Morgan fingerprint density at radius 1 is 1.39 bits per heavy atom. The molecule has 0 aromatic heterocycles. The van der Waals surface area contributed by atoms with Gasteiger partial charge >= 0.3 is 0 Å². The zero-order valence-electron chi connectivity index (χ0n) is 9.85. The van der Waals surface area contributed by atoms with Crippen LogP contribution >= 0.6 is 12.4 Å². The number of sulfone groups is 1. The number of hydrogen-bond donors (Lipinski definition) is 3. The molecule has 0 bridgehead atoms. The molecule has 0 spiro atoms. The molecule has 0 heterocycles. The number of amides is 1. The van der Waals surface area contributed by atoms with Gasteiger partial charge in [-0.3, -0.25) is 15.5 Å². The lowest BCUT2D eigenvalue weighted by Crippen LogP contribution is -2.36. The Kier molecular flexibility index (Phi) is 5.31. The molecule has 1 aromatic carbocycles. The van der Waals surface area contributed by atoms with Crippen LogP contribution in [0.15, 0.2) is 23.1 Å². The van der Waals surface area contributed by atoms with Gasteiger partial charge in [-0.05, 0) is 24.6 Å². The average Bonchev–Trinajstić information content (AvgIpc) is 2.15. The predicted octanol–water partition coefficient (Wildman–Crippen LogP) is 0.444. The summed E-state index contributed by atoms with van der Waals surface area (Å²) in [5.74, 6) is -1.08. The van der Waals surface area contributed by atoms with Gasteiger partial charge in [0, 0.05) is 11.8 Å². The molecular weight excluding hydrogens is 278 g/mol. The van der Waals surface area contributed by atoms with E-state index in [1.165, 1.54) is 18.2 Å². The molecule has 1 amide bonds. The molecule has 4 N–H and O–H groups in total. The van der Waals surface area contributed by atoms with Crippen LogP contribution in [0.1, 0.15) is 15.9 Å². The maximum absolute atomic E-state index is 11.6. The number of hydrogen-bond acceptors (Lipinski definition) is 4. The quantitative estimate of drug-likeness (QED) is 0.542. The zero-order chi connectivity index (χ0) is 13.2. The van der Waals surface area contributed by atoms with Gasteiger partial charge in [0.15, 0.2) is 15.8 Å². The molecule has 100 valence electrons. The lowest BCUT2D eigenvalue weighted by atomic mass is 10.1. The number of rotatable bonds is 2. The van der Waals surface area contributed by atoms with Gasteiger partial charge in [-0.1, -0.05) is 6.07 Å². The van der Waals surface area contributed by atoms with Gasteiger partial charge in [-0.25, -0.2) is 8.42 Å². The van der Waals surface area contributed by atoms with Gasteiger partial charge in [0.25, 0.3) is 5.91 Å². The van der Waals surface area contributed by atoms with Crippen molar-refractivity contribution in [1.82, 2.24) is 5.32 Å². The van der Waals surface area contributed by atoms with E-state index < -0.39 is 21.7 Å². The number of benzene rings is 1. The van der Waals surface area contributed by atoms with Crippen LogP contribution in [-0.2, 0) is 9.84 Å². The van der Waals surface area contributed by atoms with E-state index in [2.05, 4.69) is 5.32 Å². The fourth-order valence-electron chi connectivity index (χ4n) is 1.27. The number of aryl methyl sites for hydroxylation is 1. The number of carbonyl (C=O) groups excluding carboxylic acids is 1. The van der Waals surface area contributed by atoms with E-state index in [0.717, 1.165) is 6.26 Å². The predicted molar refractivity (Wildman–Crippen MR) is 70.9 cm³/mol. The van der Waals surface area contributed by atoms with Crippen molar-refractivity contribution < 1.29 is 13.2 Å². The van der Waals surface area contributed by atoms with Crippen molar-refractivity contribution in [2.45, 2.75) is 11.8 Å². The van der Waals surface area contributed by atoms with Crippen LogP contribution in [0.2, 0.25) is 0 Å². The molecule has 1 rings (SSSR count). The lowest BCUT2D eigenvalue weighted by Gasteiger charge is -2.07. The summed E-state index contributed by atoms with van der Waals surface area (Å²) in [6.07, 6.45) is 1.06. The Morgan fingerprint density at radius 2 is 1.94 bits per heavy atom. The van der Waals surface area contributed by atoms with Gasteiger partial charge in [0.2, 0.25) is 0 Å². The molecule has 0 unspecified atom stereocenters. The first kappa shape index (κ1) is 16.4. The number of halogens is 1. The molecular formula is C10H14ClN3O3S. The molecule has 18 heavy (non-hydrogen) atoms. The fraction of sp³-hybridized carbons (Fsp3) is 0.200. The minimum absolute atomic E-state index is 0. The van der Waals surface area contributed by atoms with Crippen LogP contribution < -0.4 is 11.1 Å². The highest BCUT2D eigenvalue weighted by molar-refractivity contribution is 7.90. The van der Waals surface area contributed by atoms with Crippen molar-refractivity contribution in [1.29, 1.82) is 5.41 Å². The molecule has 0 saturated heterocycles. The molecule has 0 aliphatic heterocycles. The largest absolute Gasteiger partial charge is 0.370 e. The van der Waals surface area contributed by atoms with Crippen LogP contribution in [0.4, 0.5) is 0 Å². The summed E-state index contributed by atoms with van der Waals surface area (Å²) >= 11 is 0. The van der Waals surface area contributed by atoms with Gasteiger partial charge in [0.1, 0.15) is 0 Å². The third-order valence-corrected chi connectivity index (χ3v) is 3.24. The number of carbonyl (C=O) groups is 1. The molecule has 0 fully saturated rings. The van der Waals surface area contributed by atoms with E-state index in [0.29, 0.717) is 5.56 Å². The zero-order valence-corrected chi connectivity index (χ0v) is 11.5. The van der Waals surface area contributed by atoms with Crippen molar-refractivity contribution in [2.75, 3.05) is 6.26 Å². The minimum Gasteiger partial charge on any atom is -0.370 e. The highest BCUT2D eigenvalue weighted by Crippen LogP contribution is 2.15. The Bertz CT molecular complexity index is 584. The van der Waals surface area contributed by atoms with Crippen LogP contribution in [0, 0.1) is 12.3 Å².